The van der Waals surface area contributed by atoms with Crippen molar-refractivity contribution >= 4 is 17.4 Å². The van der Waals surface area contributed by atoms with Gasteiger partial charge >= 0.3 is 0 Å². The van der Waals surface area contributed by atoms with Crippen LogP contribution in [0.4, 0.5) is 0 Å². The molecule has 2 aromatic rings. The molecule has 0 unspecified atom stereocenters. The van der Waals surface area contributed by atoms with E-state index in [1.165, 1.54) is 19.3 Å². The Balaban J connectivity index is 1.68. The Hall–Kier alpha value is -1.73. The van der Waals surface area contributed by atoms with E-state index in [0.29, 0.717) is 17.8 Å². The largest absolute Gasteiger partial charge is 0.468 e. The predicted octanol–water partition coefficient (Wildman–Crippen LogP) is 2.65. The van der Waals surface area contributed by atoms with Crippen molar-refractivity contribution in [2.24, 2.45) is 0 Å². The molecule has 0 aliphatic carbocycles. The topological polar surface area (TPSA) is 71.3 Å². The molecule has 1 fully saturated rings. The quantitative estimate of drug-likeness (QED) is 0.879. The molecule has 0 aromatic carbocycles. The van der Waals surface area contributed by atoms with Gasteiger partial charge < -0.3 is 9.73 Å². The number of nitrogens with one attached hydrogen (secondary N) is 1. The number of likely N-dealkylation sites (tertiary alicyclic amines) is 1. The van der Waals surface area contributed by atoms with E-state index in [1.807, 2.05) is 19.1 Å². The van der Waals surface area contributed by atoms with Gasteiger partial charge in [-0.05, 0) is 56.0 Å². The van der Waals surface area contributed by atoms with Crippen molar-refractivity contribution in [1.82, 2.24) is 19.8 Å². The van der Waals surface area contributed by atoms with E-state index in [2.05, 4.69) is 19.8 Å². The maximum absolute atomic E-state index is 12.4. The standard InChI is InChI=1S/C16H22N4O2S/c1-2-12-15(23-19-18-12)16(21)17-11-13(14-7-6-10-22-14)20-8-4-3-5-9-20/h6-7,10,13H,2-5,8-9,11H2,1H3,(H,17,21)/t13-/m0/s1. The molecule has 2 aromatic heterocycles. The lowest BCUT2D eigenvalue weighted by atomic mass is 10.1. The third kappa shape index (κ3) is 3.79. The van der Waals surface area contributed by atoms with Crippen molar-refractivity contribution in [2.45, 2.75) is 38.6 Å². The molecule has 0 saturated carbocycles. The highest BCUT2D eigenvalue weighted by molar-refractivity contribution is 7.08. The first-order chi connectivity index (χ1) is 11.3. The number of aryl methyl sites for hydroxylation is 1. The second-order valence-corrected chi connectivity index (χ2v) is 6.49. The van der Waals surface area contributed by atoms with Crippen LogP contribution in [0.1, 0.15) is 53.4 Å². The van der Waals surface area contributed by atoms with E-state index in [9.17, 15) is 4.79 Å². The molecule has 23 heavy (non-hydrogen) atoms. The third-order valence-corrected chi connectivity index (χ3v) is 5.02. The van der Waals surface area contributed by atoms with E-state index >= 15 is 0 Å². The highest BCUT2D eigenvalue weighted by Crippen LogP contribution is 2.24. The minimum atomic E-state index is -0.0922. The van der Waals surface area contributed by atoms with Crippen LogP contribution in [0, 0.1) is 0 Å². The number of hydrogen-bond acceptors (Lipinski definition) is 6. The summed E-state index contributed by atoms with van der Waals surface area (Å²) in [6.45, 7) is 4.60. The summed E-state index contributed by atoms with van der Waals surface area (Å²) in [4.78, 5) is 15.4. The van der Waals surface area contributed by atoms with Gasteiger partial charge in [0.2, 0.25) is 0 Å². The summed E-state index contributed by atoms with van der Waals surface area (Å²) in [6.07, 6.45) is 6.08. The first-order valence-electron chi connectivity index (χ1n) is 8.16. The van der Waals surface area contributed by atoms with Crippen molar-refractivity contribution in [1.29, 1.82) is 0 Å². The third-order valence-electron chi connectivity index (χ3n) is 4.26. The Morgan fingerprint density at radius 2 is 2.26 bits per heavy atom. The molecule has 0 radical (unpaired) electrons. The molecule has 0 bridgehead atoms. The highest BCUT2D eigenvalue weighted by atomic mass is 32.1. The zero-order valence-electron chi connectivity index (χ0n) is 13.3. The van der Waals surface area contributed by atoms with Crippen LogP contribution in [0.3, 0.4) is 0 Å². The second-order valence-electron chi connectivity index (χ2n) is 5.74. The summed E-state index contributed by atoms with van der Waals surface area (Å²) >= 11 is 1.16. The van der Waals surface area contributed by atoms with Gasteiger partial charge in [0.25, 0.3) is 5.91 Å². The molecule has 1 N–H and O–H groups in total. The normalized spacial score (nSPS) is 17.1. The zero-order chi connectivity index (χ0) is 16.1. The monoisotopic (exact) mass is 334 g/mol. The number of aromatic nitrogens is 2. The lowest BCUT2D eigenvalue weighted by Crippen LogP contribution is -2.40. The summed E-state index contributed by atoms with van der Waals surface area (Å²) in [6, 6.07) is 3.97. The van der Waals surface area contributed by atoms with Crippen LogP contribution in [0.15, 0.2) is 22.8 Å². The Labute approximate surface area is 140 Å². The summed E-state index contributed by atoms with van der Waals surface area (Å²) in [5.41, 5.74) is 0.764. The lowest BCUT2D eigenvalue weighted by molar-refractivity contribution is 0.0917. The Bertz CT molecular complexity index is 620. The number of rotatable bonds is 6. The molecular formula is C16H22N4O2S. The van der Waals surface area contributed by atoms with Crippen LogP contribution in [0.5, 0.6) is 0 Å². The lowest BCUT2D eigenvalue weighted by Gasteiger charge is -2.33. The average Bonchev–Trinajstić information content (AvgIpc) is 3.27. The average molecular weight is 334 g/mol. The molecule has 1 amide bonds. The van der Waals surface area contributed by atoms with Gasteiger partial charge in [-0.15, -0.1) is 5.10 Å². The predicted molar refractivity (Wildman–Crippen MR) is 88.5 cm³/mol. The Morgan fingerprint density at radius 3 is 2.96 bits per heavy atom. The molecule has 0 spiro atoms. The van der Waals surface area contributed by atoms with Crippen molar-refractivity contribution in [2.75, 3.05) is 19.6 Å². The van der Waals surface area contributed by atoms with Gasteiger partial charge in [0.1, 0.15) is 10.6 Å². The number of carbonyl (C=O) groups is 1. The van der Waals surface area contributed by atoms with Gasteiger partial charge in [-0.25, -0.2) is 0 Å². The molecule has 1 atom stereocenters. The van der Waals surface area contributed by atoms with Crippen molar-refractivity contribution < 1.29 is 9.21 Å². The maximum Gasteiger partial charge on any atom is 0.265 e. The van der Waals surface area contributed by atoms with Crippen LogP contribution in [0.25, 0.3) is 0 Å². The number of hydrogen-bond donors (Lipinski definition) is 1. The summed E-state index contributed by atoms with van der Waals surface area (Å²) < 4.78 is 9.48. The minimum Gasteiger partial charge on any atom is -0.468 e. The molecule has 3 rings (SSSR count). The zero-order valence-corrected chi connectivity index (χ0v) is 14.1. The van der Waals surface area contributed by atoms with E-state index < -0.39 is 0 Å². The summed E-state index contributed by atoms with van der Waals surface area (Å²) in [7, 11) is 0. The van der Waals surface area contributed by atoms with Gasteiger partial charge in [0, 0.05) is 6.54 Å². The molecule has 124 valence electrons. The first-order valence-corrected chi connectivity index (χ1v) is 8.93. The van der Waals surface area contributed by atoms with E-state index in [1.54, 1.807) is 6.26 Å². The van der Waals surface area contributed by atoms with Gasteiger partial charge in [-0.3, -0.25) is 9.69 Å². The fourth-order valence-corrected chi connectivity index (χ4v) is 3.67. The molecule has 6 nitrogen and oxygen atoms in total. The van der Waals surface area contributed by atoms with Gasteiger partial charge in [0.15, 0.2) is 0 Å². The molecule has 3 heterocycles. The van der Waals surface area contributed by atoms with Crippen LogP contribution in [-0.4, -0.2) is 40.0 Å². The van der Waals surface area contributed by atoms with Crippen molar-refractivity contribution in [3.8, 4) is 0 Å². The van der Waals surface area contributed by atoms with E-state index in [0.717, 1.165) is 36.1 Å². The number of carbonyl (C=O) groups excluding carboxylic acids is 1. The smallest absolute Gasteiger partial charge is 0.265 e. The number of amides is 1. The number of furan rings is 1. The molecule has 1 aliphatic heterocycles. The van der Waals surface area contributed by atoms with Crippen LogP contribution in [0.2, 0.25) is 0 Å². The highest BCUT2D eigenvalue weighted by Gasteiger charge is 2.25. The minimum absolute atomic E-state index is 0.0835. The maximum atomic E-state index is 12.4. The van der Waals surface area contributed by atoms with Crippen LogP contribution in [-0.2, 0) is 6.42 Å². The number of piperidine rings is 1. The Morgan fingerprint density at radius 1 is 1.43 bits per heavy atom. The van der Waals surface area contributed by atoms with Gasteiger partial charge in [-0.1, -0.05) is 17.8 Å². The molecule has 7 heteroatoms. The van der Waals surface area contributed by atoms with Crippen molar-refractivity contribution in [3.05, 3.63) is 34.7 Å². The molecule has 1 aliphatic rings. The summed E-state index contributed by atoms with van der Waals surface area (Å²) in [5, 5.41) is 7.04. The fraction of sp³-hybridized carbons (Fsp3) is 0.562. The number of nitrogens with zero attached hydrogens (tertiary/aromatic N) is 3. The summed E-state index contributed by atoms with van der Waals surface area (Å²) in [5.74, 6) is 0.816. The van der Waals surface area contributed by atoms with Crippen LogP contribution < -0.4 is 5.32 Å². The van der Waals surface area contributed by atoms with Crippen LogP contribution >= 0.6 is 11.5 Å². The Kier molecular flexibility index (Phi) is 5.40. The molecular weight excluding hydrogens is 312 g/mol. The van der Waals surface area contributed by atoms with Crippen molar-refractivity contribution in [3.63, 3.8) is 0 Å². The SMILES string of the molecule is CCc1nnsc1C(=O)NC[C@@H](c1ccco1)N1CCCCC1. The fourth-order valence-electron chi connectivity index (χ4n) is 3.00. The van der Waals surface area contributed by atoms with E-state index in [-0.39, 0.29) is 11.9 Å². The second kappa shape index (κ2) is 7.70. The van der Waals surface area contributed by atoms with Gasteiger partial charge in [-0.2, -0.15) is 0 Å². The van der Waals surface area contributed by atoms with Gasteiger partial charge in [0.05, 0.1) is 18.0 Å². The first kappa shape index (κ1) is 16.1. The van der Waals surface area contributed by atoms with E-state index in [4.69, 9.17) is 4.42 Å². The molecule has 1 saturated heterocycles.